The quantitative estimate of drug-likeness (QED) is 0.184. The number of aromatic nitrogens is 6. The van der Waals surface area contributed by atoms with Gasteiger partial charge in [-0.1, -0.05) is 35.3 Å². The Morgan fingerprint density at radius 2 is 1.31 bits per heavy atom. The third kappa shape index (κ3) is 7.43. The summed E-state index contributed by atoms with van der Waals surface area (Å²) in [6, 6.07) is 15.5. The molecule has 15 heteroatoms. The van der Waals surface area contributed by atoms with Crippen LogP contribution in [0.15, 0.2) is 73.3 Å². The van der Waals surface area contributed by atoms with Gasteiger partial charge in [-0.05, 0) is 60.7 Å². The first-order chi connectivity index (χ1) is 23.6. The van der Waals surface area contributed by atoms with Gasteiger partial charge in [-0.25, -0.2) is 13.4 Å². The summed E-state index contributed by atoms with van der Waals surface area (Å²) < 4.78 is 27.2. The van der Waals surface area contributed by atoms with Crippen LogP contribution in [0.25, 0.3) is 21.8 Å². The van der Waals surface area contributed by atoms with Crippen molar-refractivity contribution in [3.63, 3.8) is 0 Å². The standard InChI is InChI=1S/C19H21ClN4O2S.C15H17ClN6/c1-27(25,26)23-16-4-2-13(3-5-16)14-6-8-24(9-7-14)19-11-15(20)10-18-17(19)12-21-22-18;1-20-3-2-17-15(20)22-6-4-21(5-7-22)14-9-11(16)8-13-12(14)10-18-19-13/h2-5,10-12,14,23H,6-9H2,1H3,(H,21,22);2-3,8-10H,4-7H2,1H3,(H,18,19). The Morgan fingerprint density at radius 1 is 0.776 bits per heavy atom. The molecule has 0 spiro atoms. The van der Waals surface area contributed by atoms with Crippen LogP contribution in [-0.2, 0) is 17.1 Å². The number of aromatic amines is 2. The zero-order chi connectivity index (χ0) is 34.1. The average Bonchev–Trinajstić information content (AvgIpc) is 3.85. The van der Waals surface area contributed by atoms with E-state index in [0.717, 1.165) is 103 Å². The van der Waals surface area contributed by atoms with Crippen molar-refractivity contribution >= 4 is 78.0 Å². The average molecular weight is 722 g/mol. The third-order valence-electron chi connectivity index (χ3n) is 9.22. The molecule has 0 amide bonds. The highest BCUT2D eigenvalue weighted by Gasteiger charge is 2.24. The van der Waals surface area contributed by atoms with Crippen molar-refractivity contribution < 1.29 is 8.42 Å². The number of imidazole rings is 1. The molecule has 3 N–H and O–H groups in total. The fourth-order valence-corrected chi connectivity index (χ4v) is 7.81. The zero-order valence-electron chi connectivity index (χ0n) is 27.3. The van der Waals surface area contributed by atoms with Crippen LogP contribution in [0.4, 0.5) is 23.0 Å². The molecule has 0 atom stereocenters. The lowest BCUT2D eigenvalue weighted by Crippen LogP contribution is -2.47. The van der Waals surface area contributed by atoms with Crippen LogP contribution in [0.2, 0.25) is 10.0 Å². The molecule has 2 aliphatic heterocycles. The summed E-state index contributed by atoms with van der Waals surface area (Å²) in [5, 5.41) is 17.9. The largest absolute Gasteiger partial charge is 0.371 e. The molecule has 12 nitrogen and oxygen atoms in total. The minimum atomic E-state index is -3.24. The van der Waals surface area contributed by atoms with Crippen LogP contribution in [-0.4, -0.2) is 83.9 Å². The number of piperazine rings is 1. The van der Waals surface area contributed by atoms with E-state index < -0.39 is 10.0 Å². The Hall–Kier alpha value is -4.46. The highest BCUT2D eigenvalue weighted by atomic mass is 35.5. The van der Waals surface area contributed by atoms with Gasteiger partial charge in [-0.2, -0.15) is 10.2 Å². The molecule has 5 heterocycles. The van der Waals surface area contributed by atoms with E-state index in [0.29, 0.717) is 16.6 Å². The molecule has 3 aromatic carbocycles. The van der Waals surface area contributed by atoms with Crippen molar-refractivity contribution in [1.82, 2.24) is 29.9 Å². The number of nitrogens with one attached hydrogen (secondary N) is 3. The molecule has 0 unspecified atom stereocenters. The molecule has 0 saturated carbocycles. The van der Waals surface area contributed by atoms with Gasteiger partial charge in [0.2, 0.25) is 16.0 Å². The molecule has 256 valence electrons. The van der Waals surface area contributed by atoms with E-state index in [9.17, 15) is 8.42 Å². The van der Waals surface area contributed by atoms with E-state index in [-0.39, 0.29) is 0 Å². The lowest BCUT2D eigenvalue weighted by Gasteiger charge is -2.36. The van der Waals surface area contributed by atoms with Crippen LogP contribution >= 0.6 is 23.2 Å². The number of anilines is 4. The summed E-state index contributed by atoms with van der Waals surface area (Å²) in [6.45, 7) is 5.64. The lowest BCUT2D eigenvalue weighted by molar-refractivity contribution is 0.506. The summed E-state index contributed by atoms with van der Waals surface area (Å²) in [4.78, 5) is 11.5. The van der Waals surface area contributed by atoms with Gasteiger partial charge in [0.1, 0.15) is 0 Å². The molecular weight excluding hydrogens is 683 g/mol. The number of H-pyrrole nitrogens is 2. The maximum Gasteiger partial charge on any atom is 0.229 e. The van der Waals surface area contributed by atoms with E-state index in [1.807, 2.05) is 80.4 Å². The highest BCUT2D eigenvalue weighted by molar-refractivity contribution is 7.92. The minimum Gasteiger partial charge on any atom is -0.371 e. The van der Waals surface area contributed by atoms with Gasteiger partial charge >= 0.3 is 0 Å². The summed E-state index contributed by atoms with van der Waals surface area (Å²) in [6.07, 6.45) is 10.8. The molecule has 6 aromatic rings. The van der Waals surface area contributed by atoms with Gasteiger partial charge in [0.15, 0.2) is 0 Å². The van der Waals surface area contributed by atoms with Crippen LogP contribution in [0.3, 0.4) is 0 Å². The molecule has 0 radical (unpaired) electrons. The van der Waals surface area contributed by atoms with Crippen molar-refractivity contribution in [3.05, 3.63) is 88.9 Å². The Morgan fingerprint density at radius 3 is 1.82 bits per heavy atom. The third-order valence-corrected chi connectivity index (χ3v) is 10.3. The van der Waals surface area contributed by atoms with Crippen molar-refractivity contribution in [1.29, 1.82) is 0 Å². The molecule has 2 saturated heterocycles. The first-order valence-electron chi connectivity index (χ1n) is 16.2. The number of benzene rings is 3. The Labute approximate surface area is 295 Å². The predicted octanol–water partition coefficient (Wildman–Crippen LogP) is 6.25. The molecule has 3 aromatic heterocycles. The molecule has 2 fully saturated rings. The molecule has 0 aliphatic carbocycles. The van der Waals surface area contributed by atoms with Crippen molar-refractivity contribution in [3.8, 4) is 0 Å². The monoisotopic (exact) mass is 720 g/mol. The van der Waals surface area contributed by atoms with Gasteiger partial charge in [0, 0.05) is 96.6 Å². The Bertz CT molecular complexity index is 2160. The number of nitrogens with zero attached hydrogens (tertiary/aromatic N) is 7. The number of halogens is 2. The molecule has 8 rings (SSSR count). The van der Waals surface area contributed by atoms with E-state index in [1.165, 1.54) is 5.56 Å². The number of fused-ring (bicyclic) bond motifs is 2. The Balaban J connectivity index is 0.000000157. The fraction of sp³-hybridized carbons (Fsp3) is 0.324. The topological polar surface area (TPSA) is 131 Å². The predicted molar refractivity (Wildman–Crippen MR) is 199 cm³/mol. The van der Waals surface area contributed by atoms with Gasteiger partial charge in [0.05, 0.1) is 29.7 Å². The summed E-state index contributed by atoms with van der Waals surface area (Å²) in [7, 11) is -1.22. The van der Waals surface area contributed by atoms with Gasteiger partial charge < -0.3 is 19.3 Å². The lowest BCUT2D eigenvalue weighted by atomic mass is 9.89. The van der Waals surface area contributed by atoms with E-state index in [1.54, 1.807) is 0 Å². The van der Waals surface area contributed by atoms with E-state index in [4.69, 9.17) is 23.2 Å². The maximum atomic E-state index is 11.3. The van der Waals surface area contributed by atoms with Gasteiger partial charge in [-0.3, -0.25) is 14.9 Å². The minimum absolute atomic E-state index is 0.465. The first-order valence-corrected chi connectivity index (χ1v) is 18.8. The zero-order valence-corrected chi connectivity index (χ0v) is 29.6. The number of rotatable bonds is 6. The number of piperidine rings is 1. The second-order valence-corrected chi connectivity index (χ2v) is 15.2. The Kier molecular flexibility index (Phi) is 9.32. The molecule has 49 heavy (non-hydrogen) atoms. The highest BCUT2D eigenvalue weighted by Crippen LogP contribution is 2.36. The fourth-order valence-electron chi connectivity index (χ4n) is 6.82. The first kappa shape index (κ1) is 33.1. The second kappa shape index (κ2) is 13.8. The summed E-state index contributed by atoms with van der Waals surface area (Å²) in [5.41, 5.74) is 6.05. The molecule has 2 aliphatic rings. The van der Waals surface area contributed by atoms with Crippen LogP contribution in [0, 0.1) is 0 Å². The number of aryl methyl sites for hydroxylation is 1. The van der Waals surface area contributed by atoms with Gasteiger partial charge in [-0.15, -0.1) is 0 Å². The van der Waals surface area contributed by atoms with Crippen LogP contribution < -0.4 is 19.4 Å². The number of sulfonamides is 1. The van der Waals surface area contributed by atoms with Crippen molar-refractivity contribution in [2.45, 2.75) is 18.8 Å². The van der Waals surface area contributed by atoms with Gasteiger partial charge in [0.25, 0.3) is 0 Å². The maximum absolute atomic E-state index is 11.3. The number of hydrogen-bond acceptors (Lipinski definition) is 8. The number of hydrogen-bond donors (Lipinski definition) is 3. The van der Waals surface area contributed by atoms with E-state index in [2.05, 4.69) is 49.4 Å². The van der Waals surface area contributed by atoms with Crippen LogP contribution in [0.1, 0.15) is 24.3 Å². The SMILES string of the molecule is CS(=O)(=O)Nc1ccc(C2CCN(c3cc(Cl)cc4[nH]ncc34)CC2)cc1.Cn1ccnc1N1CCN(c2cc(Cl)cc3[nH]ncc23)CC1. The molecule has 0 bridgehead atoms. The second-order valence-electron chi connectivity index (χ2n) is 12.6. The smallest absolute Gasteiger partial charge is 0.229 e. The molecular formula is C34H38Cl2N10O2S. The summed E-state index contributed by atoms with van der Waals surface area (Å²) >= 11 is 12.5. The summed E-state index contributed by atoms with van der Waals surface area (Å²) in [5.74, 6) is 1.49. The van der Waals surface area contributed by atoms with E-state index >= 15 is 0 Å². The van der Waals surface area contributed by atoms with Crippen LogP contribution in [0.5, 0.6) is 0 Å². The van der Waals surface area contributed by atoms with Crippen molar-refractivity contribution in [2.75, 3.05) is 64.9 Å². The normalized spacial score (nSPS) is 15.9. The van der Waals surface area contributed by atoms with Crippen molar-refractivity contribution in [2.24, 2.45) is 7.05 Å².